The maximum Gasteiger partial charge on any atom is 0.238 e. The first-order valence-electron chi connectivity index (χ1n) is 6.36. The summed E-state index contributed by atoms with van der Waals surface area (Å²) in [6.07, 6.45) is 0.0320. The van der Waals surface area contributed by atoms with Crippen LogP contribution in [0.25, 0.3) is 0 Å². The summed E-state index contributed by atoms with van der Waals surface area (Å²) in [6, 6.07) is -1.20. The number of hydrogen-bond donors (Lipinski definition) is 3. The molecule has 2 atom stereocenters. The topological polar surface area (TPSA) is 87.3 Å². The third kappa shape index (κ3) is 7.56. The van der Waals surface area contributed by atoms with Crippen LogP contribution in [0.3, 0.4) is 0 Å². The van der Waals surface area contributed by atoms with Crippen molar-refractivity contribution in [2.24, 2.45) is 0 Å². The molecule has 6 nitrogen and oxygen atoms in total. The van der Waals surface area contributed by atoms with E-state index < -0.39 is 12.1 Å². The van der Waals surface area contributed by atoms with E-state index in [4.69, 9.17) is 0 Å². The van der Waals surface area contributed by atoms with E-state index in [2.05, 4.69) is 16.0 Å². The van der Waals surface area contributed by atoms with E-state index >= 15 is 0 Å². The van der Waals surface area contributed by atoms with Crippen molar-refractivity contribution in [2.45, 2.75) is 58.7 Å². The Kier molecular flexibility index (Phi) is 6.69. The lowest BCUT2D eigenvalue weighted by Gasteiger charge is -2.23. The standard InChI is InChI=1S/C13H25N3O3/c1-8(9(2)17)15-12(19)10(14-6)7-11(18)16-13(3,4)5/h8,10,14H,7H2,1-6H3,(H,15,19)(H,16,18). The number of ketones is 1. The molecule has 0 rings (SSSR count). The second-order valence-corrected chi connectivity index (χ2v) is 5.68. The van der Waals surface area contributed by atoms with Crippen LogP contribution in [-0.4, -0.2) is 42.3 Å². The van der Waals surface area contributed by atoms with Gasteiger partial charge in [-0.05, 0) is 41.7 Å². The number of rotatable bonds is 6. The highest BCUT2D eigenvalue weighted by atomic mass is 16.2. The number of amides is 2. The van der Waals surface area contributed by atoms with Gasteiger partial charge in [0.25, 0.3) is 0 Å². The second-order valence-electron chi connectivity index (χ2n) is 5.68. The lowest BCUT2D eigenvalue weighted by molar-refractivity contribution is -0.130. The Balaban J connectivity index is 4.46. The molecule has 0 aromatic heterocycles. The lowest BCUT2D eigenvalue weighted by atomic mass is 10.1. The molecule has 0 bridgehead atoms. The predicted octanol–water partition coefficient (Wildman–Crippen LogP) is -0.0271. The molecule has 6 heteroatoms. The zero-order chi connectivity index (χ0) is 15.2. The van der Waals surface area contributed by atoms with Crippen LogP contribution < -0.4 is 16.0 Å². The van der Waals surface area contributed by atoms with Crippen molar-refractivity contribution in [3.63, 3.8) is 0 Å². The Hall–Kier alpha value is -1.43. The van der Waals surface area contributed by atoms with Crippen LogP contribution in [0, 0.1) is 0 Å². The minimum atomic E-state index is -0.649. The number of Topliss-reactive ketones (excluding diaryl/α,β-unsaturated/α-hetero) is 1. The van der Waals surface area contributed by atoms with Gasteiger partial charge in [0.15, 0.2) is 5.78 Å². The first-order valence-corrected chi connectivity index (χ1v) is 6.36. The van der Waals surface area contributed by atoms with Crippen molar-refractivity contribution in [1.29, 1.82) is 0 Å². The van der Waals surface area contributed by atoms with Gasteiger partial charge in [0, 0.05) is 5.54 Å². The predicted molar refractivity (Wildman–Crippen MR) is 73.6 cm³/mol. The molecule has 0 aliphatic carbocycles. The summed E-state index contributed by atoms with van der Waals surface area (Å²) < 4.78 is 0. The molecular formula is C13H25N3O3. The summed E-state index contributed by atoms with van der Waals surface area (Å²) in [4.78, 5) is 34.7. The fraction of sp³-hybridized carbons (Fsp3) is 0.769. The molecule has 0 aliphatic rings. The van der Waals surface area contributed by atoms with Gasteiger partial charge in [-0.15, -0.1) is 0 Å². The lowest BCUT2D eigenvalue weighted by Crippen LogP contribution is -2.51. The zero-order valence-electron chi connectivity index (χ0n) is 12.6. The summed E-state index contributed by atoms with van der Waals surface area (Å²) in [5.41, 5.74) is -0.335. The van der Waals surface area contributed by atoms with Gasteiger partial charge in [-0.2, -0.15) is 0 Å². The molecule has 0 saturated carbocycles. The Morgan fingerprint density at radius 2 is 1.68 bits per heavy atom. The molecule has 0 saturated heterocycles. The maximum atomic E-state index is 11.9. The van der Waals surface area contributed by atoms with Crippen LogP contribution in [0.15, 0.2) is 0 Å². The monoisotopic (exact) mass is 271 g/mol. The second kappa shape index (κ2) is 7.23. The fourth-order valence-electron chi connectivity index (χ4n) is 1.40. The van der Waals surface area contributed by atoms with Crippen molar-refractivity contribution in [2.75, 3.05) is 7.05 Å². The molecule has 3 N–H and O–H groups in total. The molecular weight excluding hydrogens is 246 g/mol. The fourth-order valence-corrected chi connectivity index (χ4v) is 1.40. The van der Waals surface area contributed by atoms with Gasteiger partial charge in [-0.25, -0.2) is 0 Å². The highest BCUT2D eigenvalue weighted by Gasteiger charge is 2.24. The third-order valence-corrected chi connectivity index (χ3v) is 2.54. The highest BCUT2D eigenvalue weighted by molar-refractivity contribution is 5.92. The average molecular weight is 271 g/mol. The number of carbonyl (C=O) groups excluding carboxylic acids is 3. The average Bonchev–Trinajstić information content (AvgIpc) is 2.22. The van der Waals surface area contributed by atoms with Crippen LogP contribution >= 0.6 is 0 Å². The molecule has 0 aliphatic heterocycles. The number of likely N-dealkylation sites (N-methyl/N-ethyl adjacent to an activating group) is 1. The number of nitrogens with one attached hydrogen (secondary N) is 3. The van der Waals surface area contributed by atoms with Crippen LogP contribution in [0.5, 0.6) is 0 Å². The molecule has 0 radical (unpaired) electrons. The number of carbonyl (C=O) groups is 3. The molecule has 0 fully saturated rings. The summed E-state index contributed by atoms with van der Waals surface area (Å²) >= 11 is 0. The molecule has 2 amide bonds. The minimum Gasteiger partial charge on any atom is -0.351 e. The van der Waals surface area contributed by atoms with Crippen LogP contribution in [0.1, 0.15) is 41.0 Å². The van der Waals surface area contributed by atoms with E-state index in [-0.39, 0.29) is 29.6 Å². The zero-order valence-corrected chi connectivity index (χ0v) is 12.6. The van der Waals surface area contributed by atoms with Crippen molar-refractivity contribution in [3.8, 4) is 0 Å². The van der Waals surface area contributed by atoms with Crippen molar-refractivity contribution < 1.29 is 14.4 Å². The van der Waals surface area contributed by atoms with E-state index in [1.165, 1.54) is 6.92 Å². The first-order chi connectivity index (χ1) is 8.56. The summed E-state index contributed by atoms with van der Waals surface area (Å²) in [7, 11) is 1.60. The molecule has 0 heterocycles. The third-order valence-electron chi connectivity index (χ3n) is 2.54. The van der Waals surface area contributed by atoms with Gasteiger partial charge in [0.05, 0.1) is 18.5 Å². The van der Waals surface area contributed by atoms with Crippen molar-refractivity contribution >= 4 is 17.6 Å². The van der Waals surface area contributed by atoms with E-state index in [0.29, 0.717) is 0 Å². The van der Waals surface area contributed by atoms with Crippen LogP contribution in [-0.2, 0) is 14.4 Å². The molecule has 0 aromatic carbocycles. The van der Waals surface area contributed by atoms with Gasteiger partial charge in [-0.3, -0.25) is 14.4 Å². The minimum absolute atomic E-state index is 0.0320. The largest absolute Gasteiger partial charge is 0.351 e. The molecule has 0 aromatic rings. The van der Waals surface area contributed by atoms with E-state index in [1.54, 1.807) is 14.0 Å². The van der Waals surface area contributed by atoms with E-state index in [1.807, 2.05) is 20.8 Å². The Labute approximate surface area is 114 Å². The Bertz CT molecular complexity index is 348. The summed E-state index contributed by atoms with van der Waals surface area (Å²) in [5.74, 6) is -0.686. The van der Waals surface area contributed by atoms with Gasteiger partial charge in [0.2, 0.25) is 11.8 Å². The number of hydrogen-bond acceptors (Lipinski definition) is 4. The van der Waals surface area contributed by atoms with Crippen molar-refractivity contribution in [1.82, 2.24) is 16.0 Å². The smallest absolute Gasteiger partial charge is 0.238 e. The van der Waals surface area contributed by atoms with Crippen LogP contribution in [0.4, 0.5) is 0 Å². The van der Waals surface area contributed by atoms with Gasteiger partial charge >= 0.3 is 0 Å². The Morgan fingerprint density at radius 3 is 2.05 bits per heavy atom. The molecule has 110 valence electrons. The highest BCUT2D eigenvalue weighted by Crippen LogP contribution is 2.01. The van der Waals surface area contributed by atoms with E-state index in [9.17, 15) is 14.4 Å². The van der Waals surface area contributed by atoms with Gasteiger partial charge in [0.1, 0.15) is 0 Å². The Morgan fingerprint density at radius 1 is 1.16 bits per heavy atom. The van der Waals surface area contributed by atoms with Crippen LogP contribution in [0.2, 0.25) is 0 Å². The normalized spacial score (nSPS) is 14.4. The van der Waals surface area contributed by atoms with Crippen molar-refractivity contribution in [3.05, 3.63) is 0 Å². The first kappa shape index (κ1) is 17.6. The summed E-state index contributed by atoms with van der Waals surface area (Å²) in [6.45, 7) is 8.64. The summed E-state index contributed by atoms with van der Waals surface area (Å²) in [5, 5.41) is 8.14. The van der Waals surface area contributed by atoms with Gasteiger partial charge < -0.3 is 16.0 Å². The SMILES string of the molecule is CNC(CC(=O)NC(C)(C)C)C(=O)NC(C)C(C)=O. The maximum absolute atomic E-state index is 11.9. The van der Waals surface area contributed by atoms with E-state index in [0.717, 1.165) is 0 Å². The molecule has 19 heavy (non-hydrogen) atoms. The molecule has 0 spiro atoms. The molecule has 2 unspecified atom stereocenters. The van der Waals surface area contributed by atoms with Gasteiger partial charge in [-0.1, -0.05) is 0 Å². The quantitative estimate of drug-likeness (QED) is 0.633.